The summed E-state index contributed by atoms with van der Waals surface area (Å²) in [5.74, 6) is -2.78. The largest absolute Gasteiger partial charge is 0.490 e. The maximum atomic E-state index is 12.7. The van der Waals surface area contributed by atoms with Gasteiger partial charge in [0, 0.05) is 32.2 Å². The third kappa shape index (κ3) is 5.32. The van der Waals surface area contributed by atoms with Crippen LogP contribution in [0.2, 0.25) is 0 Å². The Morgan fingerprint density at radius 2 is 1.96 bits per heavy atom. The summed E-state index contributed by atoms with van der Waals surface area (Å²) in [6, 6.07) is 7.34. The Hall–Kier alpha value is -2.88. The first-order valence-corrected chi connectivity index (χ1v) is 8.40. The maximum Gasteiger partial charge on any atom is 0.490 e. The van der Waals surface area contributed by atoms with E-state index in [9.17, 15) is 23.1 Å². The van der Waals surface area contributed by atoms with Gasteiger partial charge in [-0.3, -0.25) is 9.78 Å². The molecular formula is C18H20F3N3O4. The summed E-state index contributed by atoms with van der Waals surface area (Å²) in [7, 11) is 1.86. The number of aromatic nitrogens is 2. The fourth-order valence-corrected chi connectivity index (χ4v) is 2.93. The fraction of sp³-hybridized carbons (Fsp3) is 0.389. The number of rotatable bonds is 3. The molecule has 10 heteroatoms. The van der Waals surface area contributed by atoms with E-state index in [1.807, 2.05) is 42.1 Å². The minimum absolute atomic E-state index is 0.0204. The van der Waals surface area contributed by atoms with Crippen LogP contribution in [0, 0.1) is 0 Å². The molecule has 2 aromatic heterocycles. The van der Waals surface area contributed by atoms with E-state index in [0.29, 0.717) is 25.1 Å². The molecule has 28 heavy (non-hydrogen) atoms. The molecule has 3 heterocycles. The quantitative estimate of drug-likeness (QED) is 0.822. The van der Waals surface area contributed by atoms with Crippen molar-refractivity contribution in [2.24, 2.45) is 7.05 Å². The topological polar surface area (TPSA) is 95.7 Å². The summed E-state index contributed by atoms with van der Waals surface area (Å²) in [5.41, 5.74) is 1.69. The van der Waals surface area contributed by atoms with E-state index in [1.54, 1.807) is 17.3 Å². The number of carboxylic acids is 1. The van der Waals surface area contributed by atoms with Crippen molar-refractivity contribution in [3.63, 3.8) is 0 Å². The molecule has 2 N–H and O–H groups in total. The maximum absolute atomic E-state index is 12.7. The van der Waals surface area contributed by atoms with E-state index in [-0.39, 0.29) is 11.9 Å². The van der Waals surface area contributed by atoms with Gasteiger partial charge in [0.1, 0.15) is 5.69 Å². The summed E-state index contributed by atoms with van der Waals surface area (Å²) in [6.45, 7) is 0.593. The van der Waals surface area contributed by atoms with Gasteiger partial charge in [-0.1, -0.05) is 6.07 Å². The number of pyridine rings is 1. The van der Waals surface area contributed by atoms with Crippen molar-refractivity contribution in [3.05, 3.63) is 54.1 Å². The smallest absolute Gasteiger partial charge is 0.475 e. The second-order valence-corrected chi connectivity index (χ2v) is 6.29. The number of nitrogens with zero attached hydrogens (tertiary/aromatic N) is 3. The minimum atomic E-state index is -5.08. The molecule has 0 radical (unpaired) electrons. The Kier molecular flexibility index (Phi) is 6.79. The number of halogens is 3. The van der Waals surface area contributed by atoms with Crippen molar-refractivity contribution in [2.75, 3.05) is 6.54 Å². The summed E-state index contributed by atoms with van der Waals surface area (Å²) >= 11 is 0. The Balaban J connectivity index is 0.000000345. The molecule has 0 aliphatic carbocycles. The van der Waals surface area contributed by atoms with Gasteiger partial charge in [-0.05, 0) is 36.6 Å². The highest BCUT2D eigenvalue weighted by Gasteiger charge is 2.38. The predicted octanol–water partition coefficient (Wildman–Crippen LogP) is 1.87. The van der Waals surface area contributed by atoms with Crippen LogP contribution in [0.15, 0.2) is 42.9 Å². The van der Waals surface area contributed by atoms with Gasteiger partial charge in [-0.25, -0.2) is 4.79 Å². The fourth-order valence-electron chi connectivity index (χ4n) is 2.93. The monoisotopic (exact) mass is 399 g/mol. The molecule has 7 nitrogen and oxygen atoms in total. The van der Waals surface area contributed by atoms with Crippen LogP contribution < -0.4 is 0 Å². The Morgan fingerprint density at radius 1 is 1.29 bits per heavy atom. The van der Waals surface area contributed by atoms with Gasteiger partial charge in [0.15, 0.2) is 0 Å². The highest BCUT2D eigenvalue weighted by Crippen LogP contribution is 2.24. The lowest BCUT2D eigenvalue weighted by Crippen LogP contribution is -2.41. The van der Waals surface area contributed by atoms with Crippen LogP contribution in [-0.4, -0.2) is 61.4 Å². The molecule has 2 aromatic rings. The van der Waals surface area contributed by atoms with E-state index in [0.717, 1.165) is 5.56 Å². The van der Waals surface area contributed by atoms with Gasteiger partial charge >= 0.3 is 12.1 Å². The molecular weight excluding hydrogens is 379 g/mol. The highest BCUT2D eigenvalue weighted by molar-refractivity contribution is 5.93. The van der Waals surface area contributed by atoms with Crippen molar-refractivity contribution in [1.29, 1.82) is 0 Å². The van der Waals surface area contributed by atoms with Crippen LogP contribution >= 0.6 is 0 Å². The van der Waals surface area contributed by atoms with Crippen LogP contribution in [0.25, 0.3) is 0 Å². The molecule has 2 atom stereocenters. The second-order valence-electron chi connectivity index (χ2n) is 6.29. The van der Waals surface area contributed by atoms with Crippen LogP contribution in [0.4, 0.5) is 13.2 Å². The number of aryl methyl sites for hydroxylation is 1. The Bertz CT molecular complexity index is 808. The number of amides is 1. The number of hydrogen-bond donors (Lipinski definition) is 2. The van der Waals surface area contributed by atoms with Crippen LogP contribution in [-0.2, 0) is 18.3 Å². The van der Waals surface area contributed by atoms with Gasteiger partial charge in [0.25, 0.3) is 5.91 Å². The average Bonchev–Trinajstić information content (AvgIpc) is 3.21. The number of aliphatic hydroxyl groups is 1. The molecule has 0 bridgehead atoms. The molecule has 1 fully saturated rings. The van der Waals surface area contributed by atoms with E-state index >= 15 is 0 Å². The Morgan fingerprint density at radius 3 is 2.46 bits per heavy atom. The zero-order chi connectivity index (χ0) is 20.9. The number of hydrogen-bond acceptors (Lipinski definition) is 4. The molecule has 1 amide bonds. The molecule has 0 unspecified atom stereocenters. The predicted molar refractivity (Wildman–Crippen MR) is 92.5 cm³/mol. The van der Waals surface area contributed by atoms with Crippen molar-refractivity contribution in [2.45, 2.75) is 31.2 Å². The standard InChI is InChI=1S/C16H19N3O2.C2HF3O2/c1-18-8-3-5-13(18)16(21)19-9-6-15(20)14(19)10-12-4-2-7-17-11-12;3-2(4,5)1(6)7/h2-5,7-8,11,14-15,20H,6,9-10H2,1H3;(H,6,7)/t14-,15-;/m0./s1. The first kappa shape index (κ1) is 21.4. The molecule has 3 rings (SSSR count). The molecule has 152 valence electrons. The van der Waals surface area contributed by atoms with Crippen LogP contribution in [0.3, 0.4) is 0 Å². The highest BCUT2D eigenvalue weighted by atomic mass is 19.4. The number of aliphatic carboxylic acids is 1. The van der Waals surface area contributed by atoms with Crippen molar-refractivity contribution >= 4 is 11.9 Å². The molecule has 1 aliphatic heterocycles. The molecule has 0 saturated carbocycles. The molecule has 1 saturated heterocycles. The number of carbonyl (C=O) groups excluding carboxylic acids is 1. The molecule has 0 spiro atoms. The normalized spacial score (nSPS) is 19.1. The zero-order valence-corrected chi connectivity index (χ0v) is 15.0. The SMILES string of the molecule is Cn1cccc1C(=O)N1CC[C@H](O)[C@@H]1Cc1cccnc1.O=C(O)C(F)(F)F. The summed E-state index contributed by atoms with van der Waals surface area (Å²) in [5, 5.41) is 17.3. The van der Waals surface area contributed by atoms with Gasteiger partial charge < -0.3 is 19.7 Å². The number of carboxylic acid groups (broad SMARTS) is 1. The van der Waals surface area contributed by atoms with E-state index in [2.05, 4.69) is 4.98 Å². The summed E-state index contributed by atoms with van der Waals surface area (Å²) in [6.07, 6.45) is 1.06. The third-order valence-electron chi connectivity index (χ3n) is 4.34. The number of alkyl halides is 3. The molecule has 1 aliphatic rings. The van der Waals surface area contributed by atoms with Gasteiger partial charge in [-0.15, -0.1) is 0 Å². The summed E-state index contributed by atoms with van der Waals surface area (Å²) in [4.78, 5) is 27.4. The van der Waals surface area contributed by atoms with Crippen LogP contribution in [0.5, 0.6) is 0 Å². The van der Waals surface area contributed by atoms with E-state index in [1.165, 1.54) is 0 Å². The second kappa shape index (κ2) is 8.87. The number of carbonyl (C=O) groups is 2. The van der Waals surface area contributed by atoms with Gasteiger partial charge in [-0.2, -0.15) is 13.2 Å². The average molecular weight is 399 g/mol. The first-order valence-electron chi connectivity index (χ1n) is 8.40. The van der Waals surface area contributed by atoms with Gasteiger partial charge in [0.05, 0.1) is 12.1 Å². The summed E-state index contributed by atoms with van der Waals surface area (Å²) < 4.78 is 33.5. The first-order chi connectivity index (χ1) is 13.1. The van der Waals surface area contributed by atoms with Crippen molar-refractivity contribution < 1.29 is 33.0 Å². The lowest BCUT2D eigenvalue weighted by molar-refractivity contribution is -0.192. The third-order valence-corrected chi connectivity index (χ3v) is 4.34. The lowest BCUT2D eigenvalue weighted by Gasteiger charge is -2.26. The number of likely N-dealkylation sites (tertiary alicyclic amines) is 1. The minimum Gasteiger partial charge on any atom is -0.475 e. The lowest BCUT2D eigenvalue weighted by atomic mass is 10.0. The van der Waals surface area contributed by atoms with Crippen molar-refractivity contribution in [1.82, 2.24) is 14.5 Å². The molecule has 0 aromatic carbocycles. The number of aliphatic hydroxyl groups excluding tert-OH is 1. The Labute approximate surface area is 159 Å². The zero-order valence-electron chi connectivity index (χ0n) is 15.0. The van der Waals surface area contributed by atoms with E-state index < -0.39 is 18.2 Å². The van der Waals surface area contributed by atoms with Gasteiger partial charge in [0.2, 0.25) is 0 Å². The van der Waals surface area contributed by atoms with Crippen molar-refractivity contribution in [3.8, 4) is 0 Å². The van der Waals surface area contributed by atoms with E-state index in [4.69, 9.17) is 9.90 Å². The van der Waals surface area contributed by atoms with Crippen LogP contribution in [0.1, 0.15) is 22.5 Å².